The highest BCUT2D eigenvalue weighted by Gasteiger charge is 2.28. The normalized spacial score (nSPS) is 22.5. The molecule has 19 heavy (non-hydrogen) atoms. The van der Waals surface area contributed by atoms with Crippen molar-refractivity contribution < 1.29 is 9.90 Å². The number of nitrogens with zero attached hydrogens (tertiary/aromatic N) is 3. The molecule has 2 N–H and O–H groups in total. The van der Waals surface area contributed by atoms with Crippen LogP contribution in [0.2, 0.25) is 0 Å². The molecule has 1 aromatic heterocycles. The van der Waals surface area contributed by atoms with Gasteiger partial charge in [-0.05, 0) is 25.7 Å². The molecule has 2 aliphatic rings. The van der Waals surface area contributed by atoms with Crippen LogP contribution >= 0.6 is 0 Å². The maximum Gasteiger partial charge on any atom is 0.305 e. The van der Waals surface area contributed by atoms with Crippen molar-refractivity contribution in [3.05, 3.63) is 12.4 Å². The molecule has 1 saturated heterocycles. The number of hydrogen-bond acceptors (Lipinski definition) is 5. The zero-order valence-electron chi connectivity index (χ0n) is 10.7. The van der Waals surface area contributed by atoms with Crippen LogP contribution in [0.25, 0.3) is 0 Å². The second-order valence-corrected chi connectivity index (χ2v) is 5.27. The summed E-state index contributed by atoms with van der Waals surface area (Å²) in [6.07, 6.45) is 6.07. The number of rotatable bonds is 5. The third kappa shape index (κ3) is 2.94. The van der Waals surface area contributed by atoms with E-state index in [-0.39, 0.29) is 12.5 Å². The fraction of sp³-hybridized carbons (Fsp3) is 0.615. The van der Waals surface area contributed by atoms with Gasteiger partial charge < -0.3 is 15.3 Å². The summed E-state index contributed by atoms with van der Waals surface area (Å²) in [5.74, 6) is 0.928. The molecule has 2 heterocycles. The molecule has 2 fully saturated rings. The molecule has 0 amide bonds. The van der Waals surface area contributed by atoms with Crippen molar-refractivity contribution in [2.75, 3.05) is 16.8 Å². The lowest BCUT2D eigenvalue weighted by Gasteiger charge is -2.24. The highest BCUT2D eigenvalue weighted by Crippen LogP contribution is 2.28. The third-order valence-corrected chi connectivity index (χ3v) is 3.66. The maximum atomic E-state index is 10.9. The Bertz CT molecular complexity index is 475. The highest BCUT2D eigenvalue weighted by molar-refractivity contribution is 5.68. The number of anilines is 2. The Balaban J connectivity index is 1.74. The third-order valence-electron chi connectivity index (χ3n) is 3.66. The molecule has 6 heteroatoms. The predicted octanol–water partition coefficient (Wildman–Crippen LogP) is 1.49. The molecule has 1 atom stereocenters. The van der Waals surface area contributed by atoms with Crippen LogP contribution in [0, 0.1) is 0 Å². The van der Waals surface area contributed by atoms with Crippen LogP contribution in [0.4, 0.5) is 11.6 Å². The number of carboxylic acids is 1. The van der Waals surface area contributed by atoms with Gasteiger partial charge in [0.15, 0.2) is 0 Å². The quantitative estimate of drug-likeness (QED) is 0.837. The molecule has 0 radical (unpaired) electrons. The van der Waals surface area contributed by atoms with Gasteiger partial charge in [-0.2, -0.15) is 0 Å². The van der Waals surface area contributed by atoms with Crippen LogP contribution in [-0.4, -0.2) is 39.7 Å². The Kier molecular flexibility index (Phi) is 3.23. The summed E-state index contributed by atoms with van der Waals surface area (Å²) in [6.45, 7) is 0.873. The minimum absolute atomic E-state index is 0.0566. The Morgan fingerprint density at radius 1 is 1.42 bits per heavy atom. The van der Waals surface area contributed by atoms with Gasteiger partial charge in [0, 0.05) is 24.7 Å². The van der Waals surface area contributed by atoms with Crippen molar-refractivity contribution in [1.82, 2.24) is 9.97 Å². The summed E-state index contributed by atoms with van der Waals surface area (Å²) in [5.41, 5.74) is 0. The first kappa shape index (κ1) is 12.2. The van der Waals surface area contributed by atoms with E-state index >= 15 is 0 Å². The van der Waals surface area contributed by atoms with Crippen LogP contribution in [0.1, 0.15) is 32.1 Å². The Morgan fingerprint density at radius 3 is 3.00 bits per heavy atom. The van der Waals surface area contributed by atoms with E-state index < -0.39 is 5.97 Å². The first-order valence-electron chi connectivity index (χ1n) is 6.79. The number of aliphatic carboxylic acids is 1. The molecule has 102 valence electrons. The molecule has 0 aromatic carbocycles. The van der Waals surface area contributed by atoms with Crippen molar-refractivity contribution in [1.29, 1.82) is 0 Å². The number of carbonyl (C=O) groups is 1. The zero-order chi connectivity index (χ0) is 13.2. The second kappa shape index (κ2) is 5.03. The Labute approximate surface area is 111 Å². The fourth-order valence-electron chi connectivity index (χ4n) is 2.57. The highest BCUT2D eigenvalue weighted by atomic mass is 16.4. The van der Waals surface area contributed by atoms with E-state index in [4.69, 9.17) is 5.11 Å². The molecular formula is C13H18N4O2. The predicted molar refractivity (Wildman–Crippen MR) is 71.3 cm³/mol. The molecule has 1 aromatic rings. The molecule has 6 nitrogen and oxygen atoms in total. The van der Waals surface area contributed by atoms with Gasteiger partial charge in [-0.25, -0.2) is 9.97 Å². The first-order valence-corrected chi connectivity index (χ1v) is 6.79. The minimum atomic E-state index is -0.748. The standard InChI is InChI=1S/C13H18N4O2/c18-13(19)6-10-2-1-5-17(10)12-7-11(14-8-15-12)16-9-3-4-9/h7-10H,1-6H2,(H,18,19)(H,14,15,16). The van der Waals surface area contributed by atoms with Gasteiger partial charge in [0.1, 0.15) is 18.0 Å². The molecule has 3 rings (SSSR count). The van der Waals surface area contributed by atoms with Crippen LogP contribution in [0.5, 0.6) is 0 Å². The molecular weight excluding hydrogens is 244 g/mol. The summed E-state index contributed by atoms with van der Waals surface area (Å²) < 4.78 is 0. The lowest BCUT2D eigenvalue weighted by molar-refractivity contribution is -0.137. The summed E-state index contributed by atoms with van der Waals surface area (Å²) in [5, 5.41) is 12.3. The summed E-state index contributed by atoms with van der Waals surface area (Å²) >= 11 is 0. The van der Waals surface area contributed by atoms with Crippen LogP contribution < -0.4 is 10.2 Å². The molecule has 1 aliphatic carbocycles. The minimum Gasteiger partial charge on any atom is -0.481 e. The SMILES string of the molecule is O=C(O)CC1CCCN1c1cc(NC2CC2)ncn1. The van der Waals surface area contributed by atoms with Gasteiger partial charge in [-0.15, -0.1) is 0 Å². The van der Waals surface area contributed by atoms with Crippen molar-refractivity contribution >= 4 is 17.6 Å². The van der Waals surface area contributed by atoms with Gasteiger partial charge >= 0.3 is 5.97 Å². The number of hydrogen-bond donors (Lipinski definition) is 2. The molecule has 0 spiro atoms. The lowest BCUT2D eigenvalue weighted by atomic mass is 10.1. The number of aromatic nitrogens is 2. The van der Waals surface area contributed by atoms with E-state index in [9.17, 15) is 4.79 Å². The Morgan fingerprint density at radius 2 is 2.26 bits per heavy atom. The van der Waals surface area contributed by atoms with Gasteiger partial charge in [-0.1, -0.05) is 0 Å². The van der Waals surface area contributed by atoms with Gasteiger partial charge in [0.25, 0.3) is 0 Å². The fourth-order valence-corrected chi connectivity index (χ4v) is 2.57. The van der Waals surface area contributed by atoms with Crippen molar-refractivity contribution in [2.24, 2.45) is 0 Å². The smallest absolute Gasteiger partial charge is 0.305 e. The average molecular weight is 262 g/mol. The van der Waals surface area contributed by atoms with E-state index in [2.05, 4.69) is 20.2 Å². The average Bonchev–Trinajstić information content (AvgIpc) is 3.06. The summed E-state index contributed by atoms with van der Waals surface area (Å²) in [7, 11) is 0. The van der Waals surface area contributed by atoms with E-state index in [0.29, 0.717) is 6.04 Å². The number of carboxylic acid groups (broad SMARTS) is 1. The van der Waals surface area contributed by atoms with Crippen molar-refractivity contribution in [3.8, 4) is 0 Å². The largest absolute Gasteiger partial charge is 0.481 e. The van der Waals surface area contributed by atoms with Gasteiger partial charge in [0.2, 0.25) is 0 Å². The van der Waals surface area contributed by atoms with Crippen LogP contribution in [0.15, 0.2) is 12.4 Å². The zero-order valence-corrected chi connectivity index (χ0v) is 10.7. The summed E-state index contributed by atoms with van der Waals surface area (Å²) in [6, 6.07) is 2.54. The first-order chi connectivity index (χ1) is 9.22. The monoisotopic (exact) mass is 262 g/mol. The molecule has 0 bridgehead atoms. The molecule has 1 aliphatic heterocycles. The van der Waals surface area contributed by atoms with Crippen LogP contribution in [-0.2, 0) is 4.79 Å². The van der Waals surface area contributed by atoms with Crippen LogP contribution in [0.3, 0.4) is 0 Å². The topological polar surface area (TPSA) is 78.4 Å². The summed E-state index contributed by atoms with van der Waals surface area (Å²) in [4.78, 5) is 21.5. The lowest BCUT2D eigenvalue weighted by Crippen LogP contribution is -2.32. The number of nitrogens with one attached hydrogen (secondary N) is 1. The Hall–Kier alpha value is -1.85. The second-order valence-electron chi connectivity index (χ2n) is 5.27. The van der Waals surface area contributed by atoms with E-state index in [1.165, 1.54) is 12.8 Å². The van der Waals surface area contributed by atoms with Crippen molar-refractivity contribution in [3.63, 3.8) is 0 Å². The van der Waals surface area contributed by atoms with Crippen molar-refractivity contribution in [2.45, 2.75) is 44.2 Å². The van der Waals surface area contributed by atoms with Gasteiger partial charge in [0.05, 0.1) is 6.42 Å². The molecule has 1 saturated carbocycles. The van der Waals surface area contributed by atoms with Gasteiger partial charge in [-0.3, -0.25) is 4.79 Å². The van der Waals surface area contributed by atoms with E-state index in [1.807, 2.05) is 6.07 Å². The van der Waals surface area contributed by atoms with E-state index in [0.717, 1.165) is 31.0 Å². The maximum absolute atomic E-state index is 10.9. The molecule has 1 unspecified atom stereocenters. The van der Waals surface area contributed by atoms with E-state index in [1.54, 1.807) is 6.33 Å².